The van der Waals surface area contributed by atoms with Gasteiger partial charge in [0.05, 0.1) is 0 Å². The molecule has 1 unspecified atom stereocenters. The van der Waals surface area contributed by atoms with E-state index in [1.54, 1.807) is 0 Å². The van der Waals surface area contributed by atoms with Gasteiger partial charge < -0.3 is 0 Å². The lowest BCUT2D eigenvalue weighted by Gasteiger charge is -2.09. The fraction of sp³-hybridized carbons (Fsp3) is 0.615. The highest BCUT2D eigenvalue weighted by atomic mass is 14.7. The van der Waals surface area contributed by atoms with E-state index >= 15 is 0 Å². The molecule has 1 aromatic heterocycles. The van der Waals surface area contributed by atoms with Gasteiger partial charge >= 0.3 is 0 Å². The van der Waals surface area contributed by atoms with E-state index in [2.05, 4.69) is 24.0 Å². The fourth-order valence-electron chi connectivity index (χ4n) is 2.42. The number of rotatable bonds is 4. The van der Waals surface area contributed by atoms with Gasteiger partial charge in [-0.1, -0.05) is 32.3 Å². The molecule has 0 N–H and O–H groups in total. The molecule has 0 fully saturated rings. The van der Waals surface area contributed by atoms with E-state index in [1.165, 1.54) is 49.8 Å². The van der Waals surface area contributed by atoms with Crippen molar-refractivity contribution in [1.82, 2.24) is 4.98 Å². The molecule has 0 aliphatic heterocycles. The molecule has 1 aliphatic carbocycles. The summed E-state index contributed by atoms with van der Waals surface area (Å²) in [6, 6.07) is 4.30. The van der Waals surface area contributed by atoms with Crippen molar-refractivity contribution in [3.8, 4) is 0 Å². The summed E-state index contributed by atoms with van der Waals surface area (Å²) in [4.78, 5) is 4.52. The van der Waals surface area contributed by atoms with E-state index in [1.807, 2.05) is 6.20 Å². The summed E-state index contributed by atoms with van der Waals surface area (Å²) in [5, 5.41) is 0. The van der Waals surface area contributed by atoms with Crippen LogP contribution in [0, 0.1) is 0 Å². The SMILES string of the molecule is CCCCCC1CCc2cccnc21. The third-order valence-corrected chi connectivity index (χ3v) is 3.23. The molecule has 2 rings (SSSR count). The second-order valence-electron chi connectivity index (χ2n) is 4.28. The molecule has 1 aromatic rings. The normalized spacial score (nSPS) is 19.6. The number of aromatic nitrogens is 1. The minimum atomic E-state index is 0.762. The van der Waals surface area contributed by atoms with Gasteiger partial charge in [0.1, 0.15) is 0 Å². The van der Waals surface area contributed by atoms with Gasteiger partial charge in [-0.2, -0.15) is 0 Å². The predicted octanol–water partition coefficient (Wildman–Crippen LogP) is 3.69. The lowest BCUT2D eigenvalue weighted by molar-refractivity contribution is 0.555. The van der Waals surface area contributed by atoms with E-state index in [-0.39, 0.29) is 0 Å². The molecular weight excluding hydrogens is 170 g/mol. The summed E-state index contributed by atoms with van der Waals surface area (Å²) >= 11 is 0. The molecule has 0 bridgehead atoms. The second kappa shape index (κ2) is 4.59. The zero-order chi connectivity index (χ0) is 9.80. The highest BCUT2D eigenvalue weighted by Crippen LogP contribution is 2.34. The molecule has 14 heavy (non-hydrogen) atoms. The first-order valence-corrected chi connectivity index (χ1v) is 5.85. The number of unbranched alkanes of at least 4 members (excludes halogenated alkanes) is 2. The summed E-state index contributed by atoms with van der Waals surface area (Å²) in [7, 11) is 0. The first-order valence-electron chi connectivity index (χ1n) is 5.85. The monoisotopic (exact) mass is 189 g/mol. The highest BCUT2D eigenvalue weighted by molar-refractivity contribution is 5.28. The Morgan fingerprint density at radius 1 is 1.43 bits per heavy atom. The van der Waals surface area contributed by atoms with Crippen molar-refractivity contribution in [3.63, 3.8) is 0 Å². The van der Waals surface area contributed by atoms with Crippen molar-refractivity contribution in [2.75, 3.05) is 0 Å². The van der Waals surface area contributed by atoms with E-state index in [0.717, 1.165) is 5.92 Å². The average Bonchev–Trinajstić information content (AvgIpc) is 2.63. The first kappa shape index (κ1) is 9.70. The van der Waals surface area contributed by atoms with Crippen molar-refractivity contribution >= 4 is 0 Å². The molecule has 1 heterocycles. The van der Waals surface area contributed by atoms with Crippen LogP contribution in [0.25, 0.3) is 0 Å². The fourth-order valence-corrected chi connectivity index (χ4v) is 2.42. The van der Waals surface area contributed by atoms with Crippen LogP contribution in [0.3, 0.4) is 0 Å². The maximum Gasteiger partial charge on any atom is 0.0466 e. The van der Waals surface area contributed by atoms with Crippen LogP contribution in [-0.4, -0.2) is 4.98 Å². The van der Waals surface area contributed by atoms with Crippen molar-refractivity contribution in [2.45, 2.75) is 51.4 Å². The van der Waals surface area contributed by atoms with Crippen molar-refractivity contribution in [1.29, 1.82) is 0 Å². The number of nitrogens with zero attached hydrogens (tertiary/aromatic N) is 1. The minimum Gasteiger partial charge on any atom is -0.261 e. The molecule has 76 valence electrons. The van der Waals surface area contributed by atoms with Crippen LogP contribution in [-0.2, 0) is 6.42 Å². The van der Waals surface area contributed by atoms with Gasteiger partial charge in [0.25, 0.3) is 0 Å². The van der Waals surface area contributed by atoms with Crippen molar-refractivity contribution in [2.24, 2.45) is 0 Å². The largest absolute Gasteiger partial charge is 0.261 e. The van der Waals surface area contributed by atoms with Crippen LogP contribution in [0.4, 0.5) is 0 Å². The third kappa shape index (κ3) is 1.97. The molecular formula is C13H19N. The second-order valence-corrected chi connectivity index (χ2v) is 4.28. The lowest BCUT2D eigenvalue weighted by Crippen LogP contribution is -1.96. The number of pyridine rings is 1. The standard InChI is InChI=1S/C13H19N/c1-2-3-4-6-11-8-9-12-7-5-10-14-13(11)12/h5,7,10-11H,2-4,6,8-9H2,1H3. The van der Waals surface area contributed by atoms with Gasteiger partial charge in [-0.05, 0) is 30.9 Å². The summed E-state index contributed by atoms with van der Waals surface area (Å²) < 4.78 is 0. The van der Waals surface area contributed by atoms with Crippen LogP contribution < -0.4 is 0 Å². The average molecular weight is 189 g/mol. The van der Waals surface area contributed by atoms with Gasteiger partial charge in [-0.25, -0.2) is 0 Å². The molecule has 0 aromatic carbocycles. The predicted molar refractivity (Wildman–Crippen MR) is 59.4 cm³/mol. The molecule has 0 spiro atoms. The van der Waals surface area contributed by atoms with E-state index < -0.39 is 0 Å². The van der Waals surface area contributed by atoms with Gasteiger partial charge in [-0.15, -0.1) is 0 Å². The van der Waals surface area contributed by atoms with Crippen molar-refractivity contribution < 1.29 is 0 Å². The van der Waals surface area contributed by atoms with Crippen LogP contribution in [0.1, 0.15) is 56.2 Å². The molecule has 0 radical (unpaired) electrons. The highest BCUT2D eigenvalue weighted by Gasteiger charge is 2.22. The molecule has 0 saturated heterocycles. The van der Waals surface area contributed by atoms with E-state index in [4.69, 9.17) is 0 Å². The van der Waals surface area contributed by atoms with Crippen LogP contribution >= 0.6 is 0 Å². The van der Waals surface area contributed by atoms with E-state index in [9.17, 15) is 0 Å². The molecule has 1 atom stereocenters. The number of fused-ring (bicyclic) bond motifs is 1. The quantitative estimate of drug-likeness (QED) is 0.658. The first-order chi connectivity index (χ1) is 6.92. The summed E-state index contributed by atoms with van der Waals surface area (Å²) in [5.41, 5.74) is 2.89. The maximum absolute atomic E-state index is 4.52. The van der Waals surface area contributed by atoms with Gasteiger partial charge in [0.15, 0.2) is 0 Å². The maximum atomic E-state index is 4.52. The zero-order valence-electron chi connectivity index (χ0n) is 9.00. The topological polar surface area (TPSA) is 12.9 Å². The Morgan fingerprint density at radius 2 is 2.36 bits per heavy atom. The molecule has 0 saturated carbocycles. The Hall–Kier alpha value is -0.850. The van der Waals surface area contributed by atoms with E-state index in [0.29, 0.717) is 0 Å². The molecule has 0 amide bonds. The van der Waals surface area contributed by atoms with Crippen LogP contribution in [0.15, 0.2) is 18.3 Å². The third-order valence-electron chi connectivity index (χ3n) is 3.23. The lowest BCUT2D eigenvalue weighted by atomic mass is 9.99. The Morgan fingerprint density at radius 3 is 3.21 bits per heavy atom. The van der Waals surface area contributed by atoms with Gasteiger partial charge in [0.2, 0.25) is 0 Å². The number of aryl methyl sites for hydroxylation is 1. The minimum absolute atomic E-state index is 0.762. The Kier molecular flexibility index (Phi) is 3.18. The van der Waals surface area contributed by atoms with Gasteiger partial charge in [-0.3, -0.25) is 4.98 Å². The Labute approximate surface area is 86.6 Å². The van der Waals surface area contributed by atoms with Crippen molar-refractivity contribution in [3.05, 3.63) is 29.6 Å². The molecule has 1 aliphatic rings. The summed E-state index contributed by atoms with van der Waals surface area (Å²) in [6.07, 6.45) is 9.93. The van der Waals surface area contributed by atoms with Crippen LogP contribution in [0.2, 0.25) is 0 Å². The van der Waals surface area contributed by atoms with Gasteiger partial charge in [0, 0.05) is 17.8 Å². The molecule has 1 nitrogen and oxygen atoms in total. The molecule has 1 heteroatoms. The number of hydrogen-bond donors (Lipinski definition) is 0. The smallest absolute Gasteiger partial charge is 0.0466 e. The number of hydrogen-bond acceptors (Lipinski definition) is 1. The Balaban J connectivity index is 1.96. The summed E-state index contributed by atoms with van der Waals surface area (Å²) in [5.74, 6) is 0.762. The Bertz CT molecular complexity index is 293. The summed E-state index contributed by atoms with van der Waals surface area (Å²) in [6.45, 7) is 2.26. The zero-order valence-corrected chi connectivity index (χ0v) is 9.00. The van der Waals surface area contributed by atoms with Crippen LogP contribution in [0.5, 0.6) is 0 Å².